The zero-order chi connectivity index (χ0) is 20.1. The van der Waals surface area contributed by atoms with Crippen molar-refractivity contribution in [3.8, 4) is 5.69 Å². The van der Waals surface area contributed by atoms with Gasteiger partial charge >= 0.3 is 0 Å². The molecule has 0 radical (unpaired) electrons. The molecule has 0 unspecified atom stereocenters. The molecule has 1 aliphatic carbocycles. The first kappa shape index (κ1) is 19.6. The smallest absolute Gasteiger partial charge is 0.292 e. The van der Waals surface area contributed by atoms with Crippen molar-refractivity contribution in [1.82, 2.24) is 14.7 Å². The Kier molecular flexibility index (Phi) is 4.84. The van der Waals surface area contributed by atoms with E-state index in [4.69, 9.17) is 34.8 Å². The van der Waals surface area contributed by atoms with Crippen molar-refractivity contribution < 1.29 is 4.79 Å². The summed E-state index contributed by atoms with van der Waals surface area (Å²) in [4.78, 5) is 29.1. The second-order valence-corrected chi connectivity index (χ2v) is 9.25. The van der Waals surface area contributed by atoms with Crippen LogP contribution in [0.5, 0.6) is 0 Å². The van der Waals surface area contributed by atoms with Crippen molar-refractivity contribution in [3.05, 3.63) is 51.9 Å². The summed E-state index contributed by atoms with van der Waals surface area (Å²) in [7, 11) is 0. The third-order valence-electron chi connectivity index (χ3n) is 5.54. The molecule has 148 valence electrons. The van der Waals surface area contributed by atoms with Crippen molar-refractivity contribution in [2.45, 2.75) is 17.7 Å². The molecule has 2 aliphatic rings. The number of anilines is 1. The molecular weight excluding hydrogens is 423 g/mol. The second kappa shape index (κ2) is 6.94. The predicted molar refractivity (Wildman–Crippen MR) is 111 cm³/mol. The molecule has 4 rings (SSSR count). The van der Waals surface area contributed by atoms with Crippen LogP contribution in [-0.2, 0) is 4.79 Å². The van der Waals surface area contributed by atoms with E-state index in [0.29, 0.717) is 44.0 Å². The Morgan fingerprint density at radius 1 is 1.11 bits per heavy atom. The fourth-order valence-electron chi connectivity index (χ4n) is 3.53. The summed E-state index contributed by atoms with van der Waals surface area (Å²) in [6, 6.07) is 9.12. The second-order valence-electron chi connectivity index (χ2n) is 7.39. The van der Waals surface area contributed by atoms with Crippen molar-refractivity contribution in [3.63, 3.8) is 0 Å². The van der Waals surface area contributed by atoms with Crippen LogP contribution in [0.3, 0.4) is 0 Å². The molecule has 0 spiro atoms. The lowest BCUT2D eigenvalue weighted by molar-refractivity contribution is -0.136. The Morgan fingerprint density at radius 3 is 2.29 bits per heavy atom. The van der Waals surface area contributed by atoms with Gasteiger partial charge < -0.3 is 9.80 Å². The van der Waals surface area contributed by atoms with Crippen LogP contribution in [0.2, 0.25) is 5.02 Å². The molecule has 2 heterocycles. The van der Waals surface area contributed by atoms with Crippen LogP contribution in [0.1, 0.15) is 13.3 Å². The van der Waals surface area contributed by atoms with Gasteiger partial charge in [-0.05, 0) is 25.5 Å². The number of aromatic nitrogens is 2. The van der Waals surface area contributed by atoms with Gasteiger partial charge in [0.15, 0.2) is 0 Å². The number of nitrogens with zero attached hydrogens (tertiary/aromatic N) is 4. The minimum absolute atomic E-state index is 0.0270. The summed E-state index contributed by atoms with van der Waals surface area (Å²) in [5.74, 6) is -0.0270. The summed E-state index contributed by atoms with van der Waals surface area (Å²) in [6.07, 6.45) is 2.06. The molecule has 1 aliphatic heterocycles. The first-order valence-electron chi connectivity index (χ1n) is 9.00. The number of alkyl halides is 2. The summed E-state index contributed by atoms with van der Waals surface area (Å²) >= 11 is 18.6. The van der Waals surface area contributed by atoms with Gasteiger partial charge in [-0.15, -0.1) is 23.2 Å². The van der Waals surface area contributed by atoms with E-state index in [1.807, 2.05) is 23.1 Å². The van der Waals surface area contributed by atoms with Crippen molar-refractivity contribution >= 4 is 46.4 Å². The number of piperazine rings is 1. The zero-order valence-electron chi connectivity index (χ0n) is 15.2. The molecule has 9 heteroatoms. The van der Waals surface area contributed by atoms with Crippen LogP contribution >= 0.6 is 34.8 Å². The van der Waals surface area contributed by atoms with Gasteiger partial charge in [0.2, 0.25) is 5.91 Å². The van der Waals surface area contributed by atoms with Gasteiger partial charge in [-0.1, -0.05) is 29.8 Å². The molecule has 1 aromatic carbocycles. The Bertz CT molecular complexity index is 971. The minimum Gasteiger partial charge on any atom is -0.365 e. The lowest BCUT2D eigenvalue weighted by Gasteiger charge is -2.37. The number of hydrogen-bond donors (Lipinski definition) is 0. The molecule has 1 amide bonds. The van der Waals surface area contributed by atoms with Gasteiger partial charge in [0.25, 0.3) is 5.56 Å². The lowest BCUT2D eigenvalue weighted by atomic mass is 10.1. The summed E-state index contributed by atoms with van der Waals surface area (Å²) in [5, 5.41) is 4.39. The molecule has 0 bridgehead atoms. The summed E-state index contributed by atoms with van der Waals surface area (Å²) in [5.41, 5.74) is 0.143. The molecule has 1 aromatic heterocycles. The Hall–Kier alpha value is -1.76. The average Bonchev–Trinajstić information content (AvgIpc) is 3.23. The molecule has 1 saturated heterocycles. The van der Waals surface area contributed by atoms with E-state index in [1.165, 1.54) is 4.68 Å². The van der Waals surface area contributed by atoms with Gasteiger partial charge in [-0.3, -0.25) is 9.59 Å². The average molecular weight is 442 g/mol. The van der Waals surface area contributed by atoms with E-state index >= 15 is 0 Å². The highest BCUT2D eigenvalue weighted by Gasteiger charge is 2.68. The predicted octanol–water partition coefficient (Wildman–Crippen LogP) is 3.12. The third kappa shape index (κ3) is 3.17. The molecule has 6 nitrogen and oxygen atoms in total. The highest BCUT2D eigenvalue weighted by molar-refractivity contribution is 6.53. The minimum atomic E-state index is -0.976. The van der Waals surface area contributed by atoms with Crippen LogP contribution in [-0.4, -0.2) is 51.1 Å². The topological polar surface area (TPSA) is 58.4 Å². The van der Waals surface area contributed by atoms with Gasteiger partial charge in [-0.2, -0.15) is 9.78 Å². The maximum absolute atomic E-state index is 12.7. The Labute approximate surface area is 177 Å². The Morgan fingerprint density at radius 2 is 1.71 bits per heavy atom. The van der Waals surface area contributed by atoms with Gasteiger partial charge in [0.05, 0.1) is 23.0 Å². The molecule has 1 saturated carbocycles. The number of carbonyl (C=O) groups is 1. The van der Waals surface area contributed by atoms with E-state index in [1.54, 1.807) is 30.2 Å². The molecule has 28 heavy (non-hydrogen) atoms. The van der Waals surface area contributed by atoms with Crippen LogP contribution < -0.4 is 10.5 Å². The SMILES string of the molecule is C[C@]1(C(=O)N2CCN(c3cnn(-c4ccccc4)c(=O)c3Cl)CC2)CC1(Cl)Cl. The van der Waals surface area contributed by atoms with E-state index in [0.717, 1.165) is 0 Å². The van der Waals surface area contributed by atoms with Crippen molar-refractivity contribution in [2.24, 2.45) is 5.41 Å². The molecule has 2 fully saturated rings. The molecule has 2 aromatic rings. The maximum Gasteiger partial charge on any atom is 0.292 e. The highest BCUT2D eigenvalue weighted by atomic mass is 35.5. The van der Waals surface area contributed by atoms with Crippen LogP contribution in [0, 0.1) is 5.41 Å². The quantitative estimate of drug-likeness (QED) is 0.687. The van der Waals surface area contributed by atoms with Crippen LogP contribution in [0.4, 0.5) is 5.69 Å². The van der Waals surface area contributed by atoms with E-state index in [9.17, 15) is 9.59 Å². The lowest BCUT2D eigenvalue weighted by Crippen LogP contribution is -2.51. The van der Waals surface area contributed by atoms with E-state index < -0.39 is 9.75 Å². The third-order valence-corrected chi connectivity index (χ3v) is 7.00. The van der Waals surface area contributed by atoms with Crippen molar-refractivity contribution in [2.75, 3.05) is 31.1 Å². The van der Waals surface area contributed by atoms with E-state index in [2.05, 4.69) is 5.10 Å². The number of hydrogen-bond acceptors (Lipinski definition) is 4. The molecular formula is C19H19Cl3N4O2. The number of carbonyl (C=O) groups excluding carboxylic acids is 1. The first-order chi connectivity index (χ1) is 13.2. The summed E-state index contributed by atoms with van der Waals surface area (Å²) in [6.45, 7) is 3.92. The largest absolute Gasteiger partial charge is 0.365 e. The highest BCUT2D eigenvalue weighted by Crippen LogP contribution is 2.64. The van der Waals surface area contributed by atoms with Crippen LogP contribution in [0.25, 0.3) is 5.69 Å². The number of para-hydroxylation sites is 1. The van der Waals surface area contributed by atoms with Crippen molar-refractivity contribution in [1.29, 1.82) is 0 Å². The summed E-state index contributed by atoms with van der Waals surface area (Å²) < 4.78 is 0.302. The van der Waals surface area contributed by atoms with Crippen LogP contribution in [0.15, 0.2) is 41.3 Å². The molecule has 1 atom stereocenters. The fourth-order valence-corrected chi connectivity index (χ4v) is 4.47. The number of benzene rings is 1. The van der Waals surface area contributed by atoms with Gasteiger partial charge in [0.1, 0.15) is 9.36 Å². The standard InChI is InChI=1S/C19H19Cl3N4O2/c1-18(12-19(18,21)22)17(28)25-9-7-24(8-10-25)14-11-23-26(16(27)15(14)20)13-5-3-2-4-6-13/h2-6,11H,7-10,12H2,1H3/t18-/m1/s1. The normalized spacial score (nSPS) is 23.6. The first-order valence-corrected chi connectivity index (χ1v) is 10.1. The number of halogens is 3. The number of amides is 1. The molecule has 0 N–H and O–H groups in total. The maximum atomic E-state index is 12.7. The van der Waals surface area contributed by atoms with E-state index in [-0.39, 0.29) is 16.5 Å². The monoisotopic (exact) mass is 440 g/mol. The van der Waals surface area contributed by atoms with Gasteiger partial charge in [0, 0.05) is 26.2 Å². The van der Waals surface area contributed by atoms with Gasteiger partial charge in [-0.25, -0.2) is 0 Å². The Balaban J connectivity index is 1.49. The zero-order valence-corrected chi connectivity index (χ0v) is 17.5. The number of rotatable bonds is 3. The fraction of sp³-hybridized carbons (Fsp3) is 0.421.